The standard InChI is InChI=1S/C10H20N2O3/c1-4-12(3)9(13)11-7-10(14)5-6-15-8(10)2/h8,14H,4-7H2,1-3H3,(H,11,13). The molecule has 0 aromatic rings. The van der Waals surface area contributed by atoms with Crippen LogP contribution in [0.15, 0.2) is 0 Å². The third-order valence-corrected chi connectivity index (χ3v) is 3.03. The fourth-order valence-corrected chi connectivity index (χ4v) is 1.51. The summed E-state index contributed by atoms with van der Waals surface area (Å²) in [7, 11) is 1.72. The highest BCUT2D eigenvalue weighted by molar-refractivity contribution is 5.73. The van der Waals surface area contributed by atoms with Crippen LogP contribution in [0.5, 0.6) is 0 Å². The van der Waals surface area contributed by atoms with Gasteiger partial charge in [-0.3, -0.25) is 0 Å². The number of ether oxygens (including phenoxy) is 1. The van der Waals surface area contributed by atoms with Crippen molar-refractivity contribution in [1.29, 1.82) is 0 Å². The van der Waals surface area contributed by atoms with Crippen molar-refractivity contribution in [2.45, 2.75) is 32.0 Å². The van der Waals surface area contributed by atoms with E-state index in [1.165, 1.54) is 0 Å². The first-order valence-corrected chi connectivity index (χ1v) is 5.32. The Kier molecular flexibility index (Phi) is 3.93. The molecule has 2 unspecified atom stereocenters. The number of carbonyl (C=O) groups excluding carboxylic acids is 1. The van der Waals surface area contributed by atoms with Crippen molar-refractivity contribution < 1.29 is 14.6 Å². The SMILES string of the molecule is CCN(C)C(=O)NCC1(O)CCOC1C. The molecule has 0 radical (unpaired) electrons. The van der Waals surface area contributed by atoms with Gasteiger partial charge in [0.25, 0.3) is 0 Å². The summed E-state index contributed by atoms with van der Waals surface area (Å²) in [5.41, 5.74) is -0.912. The van der Waals surface area contributed by atoms with E-state index in [4.69, 9.17) is 4.74 Å². The zero-order valence-corrected chi connectivity index (χ0v) is 9.62. The number of urea groups is 1. The number of hydrogen-bond donors (Lipinski definition) is 2. The summed E-state index contributed by atoms with van der Waals surface area (Å²) in [5, 5.41) is 12.8. The summed E-state index contributed by atoms with van der Waals surface area (Å²) in [4.78, 5) is 13.0. The Bertz CT molecular complexity index is 235. The van der Waals surface area contributed by atoms with E-state index in [2.05, 4.69) is 5.32 Å². The van der Waals surface area contributed by atoms with Crippen LogP contribution in [-0.4, -0.2) is 54.5 Å². The number of rotatable bonds is 3. The predicted octanol–water partition coefficient (Wildman–Crippen LogP) is 0.188. The highest BCUT2D eigenvalue weighted by Crippen LogP contribution is 2.24. The van der Waals surface area contributed by atoms with E-state index in [9.17, 15) is 9.90 Å². The van der Waals surface area contributed by atoms with Gasteiger partial charge in [0.15, 0.2) is 0 Å². The minimum Gasteiger partial charge on any atom is -0.385 e. The Labute approximate surface area is 90.4 Å². The second-order valence-corrected chi connectivity index (χ2v) is 4.04. The lowest BCUT2D eigenvalue weighted by atomic mass is 9.97. The topological polar surface area (TPSA) is 61.8 Å². The van der Waals surface area contributed by atoms with Crippen LogP contribution in [-0.2, 0) is 4.74 Å². The third-order valence-electron chi connectivity index (χ3n) is 3.03. The molecule has 1 rings (SSSR count). The summed E-state index contributed by atoms with van der Waals surface area (Å²) in [5.74, 6) is 0. The van der Waals surface area contributed by atoms with Crippen molar-refractivity contribution in [3.8, 4) is 0 Å². The van der Waals surface area contributed by atoms with E-state index in [-0.39, 0.29) is 18.7 Å². The van der Waals surface area contributed by atoms with Crippen molar-refractivity contribution >= 4 is 6.03 Å². The predicted molar refractivity (Wildman–Crippen MR) is 56.7 cm³/mol. The Hall–Kier alpha value is -0.810. The number of aliphatic hydroxyl groups is 1. The van der Waals surface area contributed by atoms with Crippen molar-refractivity contribution in [3.63, 3.8) is 0 Å². The molecule has 2 N–H and O–H groups in total. The number of nitrogens with one attached hydrogen (secondary N) is 1. The number of carbonyl (C=O) groups is 1. The Morgan fingerprint density at radius 2 is 2.40 bits per heavy atom. The van der Waals surface area contributed by atoms with Crippen molar-refractivity contribution in [1.82, 2.24) is 10.2 Å². The fraction of sp³-hybridized carbons (Fsp3) is 0.900. The molecular weight excluding hydrogens is 196 g/mol. The lowest BCUT2D eigenvalue weighted by molar-refractivity contribution is -0.0247. The first-order valence-electron chi connectivity index (χ1n) is 5.32. The van der Waals surface area contributed by atoms with Gasteiger partial charge in [0.1, 0.15) is 5.60 Å². The van der Waals surface area contributed by atoms with Gasteiger partial charge in [-0.05, 0) is 13.8 Å². The van der Waals surface area contributed by atoms with Gasteiger partial charge in [0, 0.05) is 26.6 Å². The van der Waals surface area contributed by atoms with E-state index in [0.29, 0.717) is 19.6 Å². The van der Waals surface area contributed by atoms with Gasteiger partial charge >= 0.3 is 6.03 Å². The molecule has 0 aromatic heterocycles. The highest BCUT2D eigenvalue weighted by Gasteiger charge is 2.39. The van der Waals surface area contributed by atoms with Gasteiger partial charge in [-0.25, -0.2) is 4.79 Å². The van der Waals surface area contributed by atoms with Gasteiger partial charge in [0.2, 0.25) is 0 Å². The molecule has 1 saturated heterocycles. The Morgan fingerprint density at radius 1 is 1.73 bits per heavy atom. The van der Waals surface area contributed by atoms with Crippen LogP contribution >= 0.6 is 0 Å². The normalized spacial score (nSPS) is 30.3. The average Bonchev–Trinajstić information content (AvgIpc) is 2.55. The van der Waals surface area contributed by atoms with Crippen molar-refractivity contribution in [3.05, 3.63) is 0 Å². The molecule has 0 bridgehead atoms. The van der Waals surface area contributed by atoms with Crippen LogP contribution in [0.4, 0.5) is 4.79 Å². The van der Waals surface area contributed by atoms with Crippen LogP contribution in [0.25, 0.3) is 0 Å². The quantitative estimate of drug-likeness (QED) is 0.708. The zero-order valence-electron chi connectivity index (χ0n) is 9.62. The van der Waals surface area contributed by atoms with E-state index in [0.717, 1.165) is 0 Å². The first-order chi connectivity index (χ1) is 6.99. The monoisotopic (exact) mass is 216 g/mol. The second kappa shape index (κ2) is 4.81. The fourth-order valence-electron chi connectivity index (χ4n) is 1.51. The molecule has 0 saturated carbocycles. The summed E-state index contributed by atoms with van der Waals surface area (Å²) < 4.78 is 5.27. The maximum absolute atomic E-state index is 11.4. The molecule has 15 heavy (non-hydrogen) atoms. The summed E-state index contributed by atoms with van der Waals surface area (Å²) >= 11 is 0. The van der Waals surface area contributed by atoms with Crippen LogP contribution in [0.1, 0.15) is 20.3 Å². The molecule has 2 amide bonds. The van der Waals surface area contributed by atoms with Crippen LogP contribution in [0.2, 0.25) is 0 Å². The van der Waals surface area contributed by atoms with Gasteiger partial charge in [0.05, 0.1) is 12.6 Å². The largest absolute Gasteiger partial charge is 0.385 e. The smallest absolute Gasteiger partial charge is 0.317 e. The highest BCUT2D eigenvalue weighted by atomic mass is 16.5. The van der Waals surface area contributed by atoms with E-state index in [1.807, 2.05) is 13.8 Å². The lowest BCUT2D eigenvalue weighted by Gasteiger charge is -2.27. The van der Waals surface area contributed by atoms with Gasteiger partial charge in [-0.15, -0.1) is 0 Å². The van der Waals surface area contributed by atoms with Gasteiger partial charge in [-0.1, -0.05) is 0 Å². The molecule has 1 fully saturated rings. The second-order valence-electron chi connectivity index (χ2n) is 4.04. The molecule has 1 aliphatic heterocycles. The molecular formula is C10H20N2O3. The lowest BCUT2D eigenvalue weighted by Crippen LogP contribution is -2.50. The van der Waals surface area contributed by atoms with Crippen molar-refractivity contribution in [2.75, 3.05) is 26.7 Å². The van der Waals surface area contributed by atoms with Crippen molar-refractivity contribution in [2.24, 2.45) is 0 Å². The maximum Gasteiger partial charge on any atom is 0.317 e. The Balaban J connectivity index is 2.39. The van der Waals surface area contributed by atoms with E-state index < -0.39 is 5.60 Å². The molecule has 1 heterocycles. The molecule has 5 heteroatoms. The van der Waals surface area contributed by atoms with Gasteiger partial charge < -0.3 is 20.1 Å². The van der Waals surface area contributed by atoms with E-state index in [1.54, 1.807) is 11.9 Å². The number of nitrogens with zero attached hydrogens (tertiary/aromatic N) is 1. The Morgan fingerprint density at radius 3 is 2.87 bits per heavy atom. The molecule has 88 valence electrons. The summed E-state index contributed by atoms with van der Waals surface area (Å²) in [6, 6.07) is -0.162. The minimum absolute atomic E-state index is 0.162. The minimum atomic E-state index is -0.912. The third kappa shape index (κ3) is 2.82. The average molecular weight is 216 g/mol. The number of hydrogen-bond acceptors (Lipinski definition) is 3. The maximum atomic E-state index is 11.4. The zero-order chi connectivity index (χ0) is 11.5. The molecule has 0 aliphatic carbocycles. The summed E-state index contributed by atoms with van der Waals surface area (Å²) in [6.45, 7) is 5.17. The molecule has 1 aliphatic rings. The molecule has 5 nitrogen and oxygen atoms in total. The van der Waals surface area contributed by atoms with Gasteiger partial charge in [-0.2, -0.15) is 0 Å². The number of amides is 2. The summed E-state index contributed by atoms with van der Waals surface area (Å²) in [6.07, 6.45) is 0.356. The van der Waals surface area contributed by atoms with Crippen LogP contribution < -0.4 is 5.32 Å². The van der Waals surface area contributed by atoms with Crippen LogP contribution in [0, 0.1) is 0 Å². The van der Waals surface area contributed by atoms with E-state index >= 15 is 0 Å². The van der Waals surface area contributed by atoms with Crippen LogP contribution in [0.3, 0.4) is 0 Å². The molecule has 2 atom stereocenters. The molecule has 0 aromatic carbocycles. The molecule has 0 spiro atoms. The first kappa shape index (κ1) is 12.3.